The first-order chi connectivity index (χ1) is 10.0. The maximum absolute atomic E-state index is 12.2. The molecule has 0 saturated heterocycles. The molecule has 0 heterocycles. The minimum Gasteiger partial charge on any atom is -0.330 e. The Hall–Kier alpha value is -1.55. The van der Waals surface area contributed by atoms with Gasteiger partial charge in [0.15, 0.2) is 0 Å². The molecule has 0 saturated carbocycles. The predicted octanol–water partition coefficient (Wildman–Crippen LogP) is 4.06. The zero-order valence-electron chi connectivity index (χ0n) is 11.6. The first-order valence-electron chi connectivity index (χ1n) is 6.57. The SMILES string of the molecule is Cc1cc(Cl)c(NC(=O)c2ccc(CCN)cc2)cc1Cl. The normalized spacial score (nSPS) is 10.5. The summed E-state index contributed by atoms with van der Waals surface area (Å²) in [6.07, 6.45) is 0.793. The average molecular weight is 323 g/mol. The van der Waals surface area contributed by atoms with Crippen LogP contribution in [0.15, 0.2) is 36.4 Å². The summed E-state index contributed by atoms with van der Waals surface area (Å²) >= 11 is 12.2. The van der Waals surface area contributed by atoms with E-state index in [0.29, 0.717) is 27.8 Å². The van der Waals surface area contributed by atoms with Gasteiger partial charge in [-0.15, -0.1) is 0 Å². The van der Waals surface area contributed by atoms with E-state index in [1.54, 1.807) is 24.3 Å². The molecule has 0 bridgehead atoms. The van der Waals surface area contributed by atoms with Crippen molar-refractivity contribution in [2.75, 3.05) is 11.9 Å². The maximum Gasteiger partial charge on any atom is 0.255 e. The van der Waals surface area contributed by atoms with Crippen molar-refractivity contribution in [2.24, 2.45) is 5.73 Å². The molecule has 0 unspecified atom stereocenters. The number of amides is 1. The molecule has 5 heteroatoms. The summed E-state index contributed by atoms with van der Waals surface area (Å²) in [4.78, 5) is 12.2. The van der Waals surface area contributed by atoms with Crippen molar-refractivity contribution >= 4 is 34.8 Å². The number of anilines is 1. The van der Waals surface area contributed by atoms with Gasteiger partial charge in [0.05, 0.1) is 10.7 Å². The second-order valence-corrected chi connectivity index (χ2v) is 5.59. The second-order valence-electron chi connectivity index (χ2n) is 4.77. The van der Waals surface area contributed by atoms with Gasteiger partial charge in [-0.1, -0.05) is 35.3 Å². The van der Waals surface area contributed by atoms with E-state index in [1.165, 1.54) is 0 Å². The molecular weight excluding hydrogens is 307 g/mol. The van der Waals surface area contributed by atoms with Crippen LogP contribution in [0.1, 0.15) is 21.5 Å². The molecule has 0 radical (unpaired) electrons. The van der Waals surface area contributed by atoms with Crippen LogP contribution in [0, 0.1) is 6.92 Å². The van der Waals surface area contributed by atoms with Crippen molar-refractivity contribution in [3.05, 3.63) is 63.1 Å². The third kappa shape index (κ3) is 3.97. The van der Waals surface area contributed by atoms with Crippen molar-refractivity contribution < 1.29 is 4.79 Å². The lowest BCUT2D eigenvalue weighted by Crippen LogP contribution is -2.12. The predicted molar refractivity (Wildman–Crippen MR) is 88.4 cm³/mol. The fourth-order valence-electron chi connectivity index (χ4n) is 1.93. The molecule has 0 aliphatic carbocycles. The highest BCUT2D eigenvalue weighted by Gasteiger charge is 2.10. The van der Waals surface area contributed by atoms with E-state index < -0.39 is 0 Å². The molecule has 1 amide bonds. The van der Waals surface area contributed by atoms with Crippen LogP contribution in [0.5, 0.6) is 0 Å². The van der Waals surface area contributed by atoms with Gasteiger partial charge in [-0.25, -0.2) is 0 Å². The van der Waals surface area contributed by atoms with Gasteiger partial charge in [-0.2, -0.15) is 0 Å². The summed E-state index contributed by atoms with van der Waals surface area (Å²) < 4.78 is 0. The Kier molecular flexibility index (Phi) is 5.23. The molecule has 2 aromatic rings. The monoisotopic (exact) mass is 322 g/mol. The first kappa shape index (κ1) is 15.8. The van der Waals surface area contributed by atoms with Crippen molar-refractivity contribution in [1.82, 2.24) is 0 Å². The molecule has 0 spiro atoms. The largest absolute Gasteiger partial charge is 0.330 e. The summed E-state index contributed by atoms with van der Waals surface area (Å²) in [6.45, 7) is 2.44. The number of halogens is 2. The summed E-state index contributed by atoms with van der Waals surface area (Å²) in [5.74, 6) is -0.226. The van der Waals surface area contributed by atoms with E-state index in [4.69, 9.17) is 28.9 Å². The highest BCUT2D eigenvalue weighted by atomic mass is 35.5. The van der Waals surface area contributed by atoms with Gasteiger partial charge in [-0.3, -0.25) is 4.79 Å². The zero-order valence-corrected chi connectivity index (χ0v) is 13.1. The van der Waals surface area contributed by atoms with Gasteiger partial charge < -0.3 is 11.1 Å². The number of carbonyl (C=O) groups is 1. The van der Waals surface area contributed by atoms with Crippen LogP contribution in [0.3, 0.4) is 0 Å². The number of carbonyl (C=O) groups excluding carboxylic acids is 1. The van der Waals surface area contributed by atoms with Crippen molar-refractivity contribution in [3.8, 4) is 0 Å². The molecular formula is C16H16Cl2N2O. The zero-order chi connectivity index (χ0) is 15.4. The van der Waals surface area contributed by atoms with Gasteiger partial charge in [0, 0.05) is 10.6 Å². The van der Waals surface area contributed by atoms with E-state index in [2.05, 4.69) is 5.32 Å². The summed E-state index contributed by atoms with van der Waals surface area (Å²) in [6, 6.07) is 10.7. The Balaban J connectivity index is 2.16. The fourth-order valence-corrected chi connectivity index (χ4v) is 2.36. The third-order valence-corrected chi connectivity index (χ3v) is 3.87. The Bertz CT molecular complexity index is 654. The van der Waals surface area contributed by atoms with Gasteiger partial charge in [0.25, 0.3) is 5.91 Å². The molecule has 3 N–H and O–H groups in total. The van der Waals surface area contributed by atoms with Crippen LogP contribution in [-0.2, 0) is 6.42 Å². The summed E-state index contributed by atoms with van der Waals surface area (Å²) in [5.41, 5.74) is 8.53. The van der Waals surface area contributed by atoms with Crippen LogP contribution >= 0.6 is 23.2 Å². The molecule has 0 fully saturated rings. The third-order valence-electron chi connectivity index (χ3n) is 3.15. The first-order valence-corrected chi connectivity index (χ1v) is 7.33. The molecule has 0 aliphatic rings. The number of benzene rings is 2. The van der Waals surface area contributed by atoms with Crippen LogP contribution in [0.25, 0.3) is 0 Å². The highest BCUT2D eigenvalue weighted by Crippen LogP contribution is 2.29. The van der Waals surface area contributed by atoms with Crippen LogP contribution < -0.4 is 11.1 Å². The van der Waals surface area contributed by atoms with E-state index in [0.717, 1.165) is 17.5 Å². The Labute approximate surface area is 134 Å². The van der Waals surface area contributed by atoms with Crippen LogP contribution in [0.4, 0.5) is 5.69 Å². The van der Waals surface area contributed by atoms with E-state index in [-0.39, 0.29) is 5.91 Å². The van der Waals surface area contributed by atoms with E-state index in [9.17, 15) is 4.79 Å². The van der Waals surface area contributed by atoms with Crippen LogP contribution in [-0.4, -0.2) is 12.5 Å². The second kappa shape index (κ2) is 6.94. The minimum atomic E-state index is -0.226. The average Bonchev–Trinajstić information content (AvgIpc) is 2.46. The standard InChI is InChI=1S/C16H16Cl2N2O/c1-10-8-14(18)15(9-13(10)17)20-16(21)12-4-2-11(3-5-12)6-7-19/h2-5,8-9H,6-7,19H2,1H3,(H,20,21). The summed E-state index contributed by atoms with van der Waals surface area (Å²) in [5, 5.41) is 3.79. The topological polar surface area (TPSA) is 55.1 Å². The molecule has 0 aliphatic heterocycles. The summed E-state index contributed by atoms with van der Waals surface area (Å²) in [7, 11) is 0. The maximum atomic E-state index is 12.2. The number of nitrogens with two attached hydrogens (primary N) is 1. The van der Waals surface area contributed by atoms with Crippen molar-refractivity contribution in [3.63, 3.8) is 0 Å². The Morgan fingerprint density at radius 2 is 1.81 bits per heavy atom. The lowest BCUT2D eigenvalue weighted by atomic mass is 10.1. The molecule has 3 nitrogen and oxygen atoms in total. The number of rotatable bonds is 4. The fraction of sp³-hybridized carbons (Fsp3) is 0.188. The van der Waals surface area contributed by atoms with Gasteiger partial charge in [0.2, 0.25) is 0 Å². The van der Waals surface area contributed by atoms with E-state index in [1.807, 2.05) is 19.1 Å². The van der Waals surface area contributed by atoms with Crippen molar-refractivity contribution in [2.45, 2.75) is 13.3 Å². The molecule has 2 rings (SSSR count). The Morgan fingerprint density at radius 1 is 1.14 bits per heavy atom. The minimum absolute atomic E-state index is 0.226. The number of aryl methyl sites for hydroxylation is 1. The number of hydrogen-bond donors (Lipinski definition) is 2. The smallest absolute Gasteiger partial charge is 0.255 e. The van der Waals surface area contributed by atoms with Crippen LogP contribution in [0.2, 0.25) is 10.0 Å². The Morgan fingerprint density at radius 3 is 2.43 bits per heavy atom. The molecule has 0 aromatic heterocycles. The van der Waals surface area contributed by atoms with E-state index >= 15 is 0 Å². The molecule has 110 valence electrons. The van der Waals surface area contributed by atoms with Gasteiger partial charge in [-0.05, 0) is 55.3 Å². The molecule has 0 atom stereocenters. The lowest BCUT2D eigenvalue weighted by Gasteiger charge is -2.10. The van der Waals surface area contributed by atoms with Gasteiger partial charge in [0.1, 0.15) is 0 Å². The molecule has 21 heavy (non-hydrogen) atoms. The molecule has 2 aromatic carbocycles. The van der Waals surface area contributed by atoms with Gasteiger partial charge >= 0.3 is 0 Å². The van der Waals surface area contributed by atoms with Crippen molar-refractivity contribution in [1.29, 1.82) is 0 Å². The number of nitrogens with one attached hydrogen (secondary N) is 1. The highest BCUT2D eigenvalue weighted by molar-refractivity contribution is 6.36. The number of hydrogen-bond acceptors (Lipinski definition) is 2. The lowest BCUT2D eigenvalue weighted by molar-refractivity contribution is 0.102. The quantitative estimate of drug-likeness (QED) is 0.892.